The second kappa shape index (κ2) is 10.4. The molecule has 0 bridgehead atoms. The third-order valence-electron chi connectivity index (χ3n) is 5.39. The SMILES string of the molecule is CN=C(NCC1(CCOC)CCC1)N1CCCC(CC(N)=O)C1.I. The summed E-state index contributed by atoms with van der Waals surface area (Å²) in [5.41, 5.74) is 5.72. The first kappa shape index (κ1) is 21.5. The fraction of sp³-hybridized carbons (Fsp3) is 0.882. The minimum atomic E-state index is -0.201. The average molecular weight is 452 g/mol. The van der Waals surface area contributed by atoms with Crippen molar-refractivity contribution in [2.75, 3.05) is 40.4 Å². The number of carbonyl (C=O) groups excluding carboxylic acids is 1. The molecule has 2 rings (SSSR count). The van der Waals surface area contributed by atoms with E-state index in [1.165, 1.54) is 19.3 Å². The fourth-order valence-electron chi connectivity index (χ4n) is 3.82. The van der Waals surface area contributed by atoms with Crippen LogP contribution >= 0.6 is 24.0 Å². The Kier molecular flexibility index (Phi) is 9.33. The van der Waals surface area contributed by atoms with Crippen LogP contribution in [0, 0.1) is 11.3 Å². The Hall–Kier alpha value is -0.570. The quantitative estimate of drug-likeness (QED) is 0.352. The van der Waals surface area contributed by atoms with E-state index in [2.05, 4.69) is 15.2 Å². The summed E-state index contributed by atoms with van der Waals surface area (Å²) in [7, 11) is 3.61. The van der Waals surface area contributed by atoms with Crippen LogP contribution in [0.1, 0.15) is 44.9 Å². The summed E-state index contributed by atoms with van der Waals surface area (Å²) >= 11 is 0. The Bertz CT molecular complexity index is 427. The van der Waals surface area contributed by atoms with Gasteiger partial charge >= 0.3 is 0 Å². The minimum Gasteiger partial charge on any atom is -0.385 e. The van der Waals surface area contributed by atoms with Crippen LogP contribution < -0.4 is 11.1 Å². The highest BCUT2D eigenvalue weighted by Crippen LogP contribution is 2.43. The largest absolute Gasteiger partial charge is 0.385 e. The van der Waals surface area contributed by atoms with Crippen LogP contribution in [0.3, 0.4) is 0 Å². The van der Waals surface area contributed by atoms with Crippen molar-refractivity contribution in [3.05, 3.63) is 0 Å². The number of halogens is 1. The number of carbonyl (C=O) groups is 1. The second-order valence-corrected chi connectivity index (χ2v) is 7.12. The van der Waals surface area contributed by atoms with Gasteiger partial charge in [0, 0.05) is 46.8 Å². The highest BCUT2D eigenvalue weighted by Gasteiger charge is 2.37. The molecule has 140 valence electrons. The molecular formula is C17H33IN4O2. The normalized spacial score (nSPS) is 23.2. The van der Waals surface area contributed by atoms with E-state index in [-0.39, 0.29) is 29.9 Å². The molecule has 6 nitrogen and oxygen atoms in total. The molecule has 1 aliphatic heterocycles. The van der Waals surface area contributed by atoms with Crippen LogP contribution in [0.25, 0.3) is 0 Å². The first-order chi connectivity index (χ1) is 11.1. The number of aliphatic imine (C=N–C) groups is 1. The standard InChI is InChI=1S/C17H32N4O2.HI/c1-19-16(20-13-17(6-4-7-17)8-10-23-2)21-9-3-5-14(12-21)11-15(18)22;/h14H,3-13H2,1-2H3,(H2,18,22)(H,19,20);1H. The highest BCUT2D eigenvalue weighted by atomic mass is 127. The Morgan fingerprint density at radius 3 is 2.71 bits per heavy atom. The van der Waals surface area contributed by atoms with Crippen LogP contribution in [0.2, 0.25) is 0 Å². The molecule has 1 saturated heterocycles. The number of methoxy groups -OCH3 is 1. The molecule has 1 unspecified atom stereocenters. The maximum Gasteiger partial charge on any atom is 0.217 e. The molecule has 1 heterocycles. The number of nitrogens with one attached hydrogen (secondary N) is 1. The van der Waals surface area contributed by atoms with Gasteiger partial charge in [-0.3, -0.25) is 9.79 Å². The Labute approximate surface area is 163 Å². The van der Waals surface area contributed by atoms with Gasteiger partial charge in [0.2, 0.25) is 5.91 Å². The van der Waals surface area contributed by atoms with E-state index < -0.39 is 0 Å². The summed E-state index contributed by atoms with van der Waals surface area (Å²) in [4.78, 5) is 17.9. The van der Waals surface area contributed by atoms with Gasteiger partial charge in [-0.2, -0.15) is 0 Å². The van der Waals surface area contributed by atoms with Gasteiger partial charge < -0.3 is 20.7 Å². The number of nitrogens with two attached hydrogens (primary N) is 1. The third kappa shape index (κ3) is 6.06. The summed E-state index contributed by atoms with van der Waals surface area (Å²) in [5.74, 6) is 1.11. The van der Waals surface area contributed by atoms with E-state index in [0.29, 0.717) is 17.8 Å². The zero-order valence-electron chi connectivity index (χ0n) is 15.1. The van der Waals surface area contributed by atoms with Crippen molar-refractivity contribution in [1.29, 1.82) is 0 Å². The van der Waals surface area contributed by atoms with E-state index in [9.17, 15) is 4.79 Å². The van der Waals surface area contributed by atoms with E-state index in [1.54, 1.807) is 7.11 Å². The Balaban J connectivity index is 0.00000288. The Morgan fingerprint density at radius 1 is 1.42 bits per heavy atom. The molecular weight excluding hydrogens is 419 g/mol. The molecule has 0 aromatic carbocycles. The lowest BCUT2D eigenvalue weighted by atomic mass is 9.67. The lowest BCUT2D eigenvalue weighted by molar-refractivity contribution is -0.119. The number of guanidine groups is 1. The summed E-state index contributed by atoms with van der Waals surface area (Å²) in [6, 6.07) is 0. The predicted molar refractivity (Wildman–Crippen MR) is 108 cm³/mol. The molecule has 1 aliphatic carbocycles. The van der Waals surface area contributed by atoms with Crippen molar-refractivity contribution in [3.8, 4) is 0 Å². The van der Waals surface area contributed by atoms with Crippen molar-refractivity contribution >= 4 is 35.8 Å². The van der Waals surface area contributed by atoms with Gasteiger partial charge in [0.05, 0.1) is 0 Å². The number of hydrogen-bond donors (Lipinski definition) is 2. The van der Waals surface area contributed by atoms with Crippen LogP contribution in [0.5, 0.6) is 0 Å². The maximum atomic E-state index is 11.2. The van der Waals surface area contributed by atoms with Crippen LogP contribution in [0.4, 0.5) is 0 Å². The average Bonchev–Trinajstić information content (AvgIpc) is 2.49. The van der Waals surface area contributed by atoms with Gasteiger partial charge in [-0.25, -0.2) is 0 Å². The van der Waals surface area contributed by atoms with Crippen molar-refractivity contribution in [3.63, 3.8) is 0 Å². The molecule has 7 heteroatoms. The number of amides is 1. The number of likely N-dealkylation sites (tertiary alicyclic amines) is 1. The first-order valence-electron chi connectivity index (χ1n) is 8.81. The molecule has 1 atom stereocenters. The van der Waals surface area contributed by atoms with Gasteiger partial charge in [-0.05, 0) is 43.4 Å². The topological polar surface area (TPSA) is 80.0 Å². The van der Waals surface area contributed by atoms with E-state index in [0.717, 1.165) is 51.5 Å². The summed E-state index contributed by atoms with van der Waals surface area (Å²) in [6.07, 6.45) is 7.61. The highest BCUT2D eigenvalue weighted by molar-refractivity contribution is 14.0. The smallest absolute Gasteiger partial charge is 0.217 e. The second-order valence-electron chi connectivity index (χ2n) is 7.12. The van der Waals surface area contributed by atoms with Gasteiger partial charge in [0.15, 0.2) is 5.96 Å². The molecule has 3 N–H and O–H groups in total. The predicted octanol–water partition coefficient (Wildman–Crippen LogP) is 1.97. The number of nitrogens with zero attached hydrogens (tertiary/aromatic N) is 2. The molecule has 0 aromatic rings. The maximum absolute atomic E-state index is 11.2. The van der Waals surface area contributed by atoms with E-state index >= 15 is 0 Å². The first-order valence-corrected chi connectivity index (χ1v) is 8.81. The monoisotopic (exact) mass is 452 g/mol. The van der Waals surface area contributed by atoms with E-state index in [1.807, 2.05) is 7.05 Å². The van der Waals surface area contributed by atoms with Gasteiger partial charge in [0.25, 0.3) is 0 Å². The molecule has 0 spiro atoms. The zero-order valence-corrected chi connectivity index (χ0v) is 17.4. The lowest BCUT2D eigenvalue weighted by Gasteiger charge is -2.43. The summed E-state index contributed by atoms with van der Waals surface area (Å²) in [5, 5.41) is 3.57. The Morgan fingerprint density at radius 2 is 2.17 bits per heavy atom. The minimum absolute atomic E-state index is 0. The molecule has 0 aromatic heterocycles. The van der Waals surface area contributed by atoms with Crippen molar-refractivity contribution < 1.29 is 9.53 Å². The number of primary amides is 1. The van der Waals surface area contributed by atoms with Gasteiger partial charge in [0.1, 0.15) is 0 Å². The lowest BCUT2D eigenvalue weighted by Crippen LogP contribution is -2.51. The van der Waals surface area contributed by atoms with Gasteiger partial charge in [-0.1, -0.05) is 6.42 Å². The number of hydrogen-bond acceptors (Lipinski definition) is 3. The molecule has 2 aliphatic rings. The van der Waals surface area contributed by atoms with Crippen LogP contribution in [0.15, 0.2) is 4.99 Å². The van der Waals surface area contributed by atoms with Gasteiger partial charge in [-0.15, -0.1) is 24.0 Å². The van der Waals surface area contributed by atoms with E-state index in [4.69, 9.17) is 10.5 Å². The number of piperidine rings is 1. The zero-order chi connectivity index (χ0) is 16.7. The van der Waals surface area contributed by atoms with Crippen molar-refractivity contribution in [2.45, 2.75) is 44.9 Å². The molecule has 1 saturated carbocycles. The molecule has 24 heavy (non-hydrogen) atoms. The molecule has 0 radical (unpaired) electrons. The number of rotatable bonds is 7. The fourth-order valence-corrected chi connectivity index (χ4v) is 3.82. The van der Waals surface area contributed by atoms with Crippen LogP contribution in [-0.2, 0) is 9.53 Å². The van der Waals surface area contributed by atoms with Crippen molar-refractivity contribution in [2.24, 2.45) is 22.1 Å². The van der Waals surface area contributed by atoms with Crippen LogP contribution in [-0.4, -0.2) is 57.2 Å². The number of ether oxygens (including phenoxy) is 1. The molecule has 1 amide bonds. The summed E-state index contributed by atoms with van der Waals surface area (Å²) < 4.78 is 5.26. The third-order valence-corrected chi connectivity index (χ3v) is 5.39. The molecule has 2 fully saturated rings. The van der Waals surface area contributed by atoms with Crippen molar-refractivity contribution in [1.82, 2.24) is 10.2 Å². The summed E-state index contributed by atoms with van der Waals surface area (Å²) in [6.45, 7) is 3.65.